The molecule has 0 aliphatic carbocycles. The van der Waals surface area contributed by atoms with Gasteiger partial charge in [0, 0.05) is 19.0 Å². The van der Waals surface area contributed by atoms with Crippen molar-refractivity contribution in [1.82, 2.24) is 5.32 Å². The van der Waals surface area contributed by atoms with Crippen LogP contribution in [0.4, 0.5) is 0 Å². The van der Waals surface area contributed by atoms with Crippen LogP contribution in [0.25, 0.3) is 0 Å². The fourth-order valence-corrected chi connectivity index (χ4v) is 2.95. The van der Waals surface area contributed by atoms with Crippen LogP contribution in [0.5, 0.6) is 0 Å². The number of nitrogens with one attached hydrogen (secondary N) is 1. The van der Waals surface area contributed by atoms with Gasteiger partial charge in [-0.3, -0.25) is 4.79 Å². The van der Waals surface area contributed by atoms with E-state index in [1.807, 2.05) is 30.3 Å². The highest BCUT2D eigenvalue weighted by molar-refractivity contribution is 5.72. The molecule has 1 unspecified atom stereocenters. The van der Waals surface area contributed by atoms with E-state index in [2.05, 4.69) is 5.32 Å². The van der Waals surface area contributed by atoms with Gasteiger partial charge in [-0.1, -0.05) is 30.3 Å². The number of hydrogen-bond donors (Lipinski definition) is 3. The minimum absolute atomic E-state index is 0.184. The van der Waals surface area contributed by atoms with Crippen molar-refractivity contribution in [3.63, 3.8) is 0 Å². The fourth-order valence-electron chi connectivity index (χ4n) is 2.95. The van der Waals surface area contributed by atoms with E-state index >= 15 is 0 Å². The molecular formula is C16H22N2O5. The number of ether oxygens (including phenoxy) is 3. The van der Waals surface area contributed by atoms with Gasteiger partial charge < -0.3 is 30.4 Å². The van der Waals surface area contributed by atoms with Gasteiger partial charge in [0.1, 0.15) is 18.3 Å². The lowest BCUT2D eigenvalue weighted by molar-refractivity contribution is -0.306. The maximum Gasteiger partial charge on any atom is 0.216 e. The number of fused-ring (bicyclic) bond motifs is 1. The molecule has 0 bridgehead atoms. The lowest BCUT2D eigenvalue weighted by atomic mass is 9.92. The third-order valence-electron chi connectivity index (χ3n) is 4.19. The van der Waals surface area contributed by atoms with Crippen molar-refractivity contribution in [1.29, 1.82) is 0 Å². The second-order valence-corrected chi connectivity index (χ2v) is 5.89. The zero-order chi connectivity index (χ0) is 16.4. The average molecular weight is 322 g/mol. The largest absolute Gasteiger partial charge is 0.389 e. The lowest BCUT2D eigenvalue weighted by Gasteiger charge is -2.47. The van der Waals surface area contributed by atoms with Crippen LogP contribution >= 0.6 is 0 Å². The normalized spacial score (nSPS) is 37.0. The summed E-state index contributed by atoms with van der Waals surface area (Å²) in [5, 5.41) is 13.0. The predicted molar refractivity (Wildman–Crippen MR) is 81.3 cm³/mol. The second-order valence-electron chi connectivity index (χ2n) is 5.89. The molecule has 0 saturated carbocycles. The number of rotatable bonds is 3. The Morgan fingerprint density at radius 3 is 2.78 bits per heavy atom. The van der Waals surface area contributed by atoms with Crippen molar-refractivity contribution in [3.8, 4) is 0 Å². The molecule has 0 spiro atoms. The molecule has 126 valence electrons. The summed E-state index contributed by atoms with van der Waals surface area (Å²) in [6.07, 6.45) is -2.84. The first-order chi connectivity index (χ1) is 11.1. The fraction of sp³-hybridized carbons (Fsp3) is 0.562. The van der Waals surface area contributed by atoms with Crippen molar-refractivity contribution in [2.45, 2.75) is 43.7 Å². The van der Waals surface area contributed by atoms with Gasteiger partial charge >= 0.3 is 0 Å². The summed E-state index contributed by atoms with van der Waals surface area (Å²) in [5.41, 5.74) is 7.04. The molecule has 0 aromatic heterocycles. The molecule has 1 aromatic carbocycles. The van der Waals surface area contributed by atoms with Crippen molar-refractivity contribution < 1.29 is 24.1 Å². The van der Waals surface area contributed by atoms with E-state index in [1.165, 1.54) is 6.92 Å². The molecule has 2 heterocycles. The van der Waals surface area contributed by atoms with Gasteiger partial charge in [0.15, 0.2) is 6.29 Å². The highest BCUT2D eigenvalue weighted by atomic mass is 16.7. The molecule has 7 nitrogen and oxygen atoms in total. The summed E-state index contributed by atoms with van der Waals surface area (Å²) in [7, 11) is 0. The van der Waals surface area contributed by atoms with E-state index in [1.54, 1.807) is 0 Å². The summed E-state index contributed by atoms with van der Waals surface area (Å²) in [4.78, 5) is 11.0. The first-order valence-corrected chi connectivity index (χ1v) is 7.72. The van der Waals surface area contributed by atoms with Crippen LogP contribution < -0.4 is 11.1 Å². The molecule has 1 amide bonds. The number of aliphatic hydroxyl groups is 1. The topological polar surface area (TPSA) is 103 Å². The van der Waals surface area contributed by atoms with Crippen molar-refractivity contribution in [3.05, 3.63) is 35.9 Å². The van der Waals surface area contributed by atoms with Gasteiger partial charge in [-0.15, -0.1) is 0 Å². The summed E-state index contributed by atoms with van der Waals surface area (Å²) in [5.74, 6) is -0.184. The van der Waals surface area contributed by atoms with Gasteiger partial charge in [-0.25, -0.2) is 0 Å². The van der Waals surface area contributed by atoms with Crippen LogP contribution in [-0.2, 0) is 19.0 Å². The Morgan fingerprint density at radius 1 is 1.35 bits per heavy atom. The maximum absolute atomic E-state index is 11.0. The molecule has 0 radical (unpaired) electrons. The number of carbonyl (C=O) groups is 1. The number of carbonyl (C=O) groups excluding carboxylic acids is 1. The van der Waals surface area contributed by atoms with E-state index < -0.39 is 30.6 Å². The van der Waals surface area contributed by atoms with Gasteiger partial charge in [0.25, 0.3) is 0 Å². The second kappa shape index (κ2) is 6.94. The Morgan fingerprint density at radius 2 is 2.09 bits per heavy atom. The number of amides is 1. The molecule has 2 aliphatic rings. The zero-order valence-corrected chi connectivity index (χ0v) is 12.9. The van der Waals surface area contributed by atoms with Gasteiger partial charge in [-0.05, 0) is 0 Å². The van der Waals surface area contributed by atoms with E-state index in [0.29, 0.717) is 6.61 Å². The Balaban J connectivity index is 1.67. The Labute approximate surface area is 134 Å². The molecule has 2 saturated heterocycles. The quantitative estimate of drug-likeness (QED) is 0.705. The minimum atomic E-state index is -0.919. The van der Waals surface area contributed by atoms with Crippen LogP contribution in [0.1, 0.15) is 18.8 Å². The number of nitrogens with two attached hydrogens (primary N) is 1. The standard InChI is InChI=1S/C16H22N2O5/c1-9(19)18-7-11-14(20)13(17)15-12(22-11)8-21-16(23-15)10-5-3-2-4-6-10/h2-6,11-16,20H,7-8,17H2,1H3,(H,18,19)/t11-,12+,13-,14+,15+,16?/m0/s1. The summed E-state index contributed by atoms with van der Waals surface area (Å²) in [6, 6.07) is 8.95. The van der Waals surface area contributed by atoms with E-state index in [-0.39, 0.29) is 18.6 Å². The molecule has 2 fully saturated rings. The monoisotopic (exact) mass is 322 g/mol. The molecule has 1 aromatic rings. The smallest absolute Gasteiger partial charge is 0.216 e. The number of hydrogen-bond acceptors (Lipinski definition) is 6. The molecule has 6 atom stereocenters. The van der Waals surface area contributed by atoms with Crippen molar-refractivity contribution in [2.75, 3.05) is 13.2 Å². The van der Waals surface area contributed by atoms with Crippen molar-refractivity contribution >= 4 is 5.91 Å². The van der Waals surface area contributed by atoms with Crippen LogP contribution in [0, 0.1) is 0 Å². The molecule has 3 rings (SSSR count). The van der Waals surface area contributed by atoms with Gasteiger partial charge in [0.2, 0.25) is 5.91 Å². The van der Waals surface area contributed by atoms with E-state index in [4.69, 9.17) is 19.9 Å². The molecule has 23 heavy (non-hydrogen) atoms. The first-order valence-electron chi connectivity index (χ1n) is 7.72. The summed E-state index contributed by atoms with van der Waals surface area (Å²) >= 11 is 0. The maximum atomic E-state index is 11.0. The van der Waals surface area contributed by atoms with Crippen LogP contribution in [0.2, 0.25) is 0 Å². The third kappa shape index (κ3) is 3.54. The summed E-state index contributed by atoms with van der Waals surface area (Å²) < 4.78 is 17.4. The Kier molecular flexibility index (Phi) is 4.93. The third-order valence-corrected chi connectivity index (χ3v) is 4.19. The van der Waals surface area contributed by atoms with Gasteiger partial charge in [0.05, 0.1) is 18.8 Å². The van der Waals surface area contributed by atoms with E-state index in [0.717, 1.165) is 5.56 Å². The molecule has 4 N–H and O–H groups in total. The highest BCUT2D eigenvalue weighted by Crippen LogP contribution is 2.33. The van der Waals surface area contributed by atoms with Crippen molar-refractivity contribution in [2.24, 2.45) is 5.73 Å². The van der Waals surface area contributed by atoms with Gasteiger partial charge in [-0.2, -0.15) is 0 Å². The summed E-state index contributed by atoms with van der Waals surface area (Å²) in [6.45, 7) is 1.94. The zero-order valence-electron chi connectivity index (χ0n) is 12.9. The molecular weight excluding hydrogens is 300 g/mol. The van der Waals surface area contributed by atoms with E-state index in [9.17, 15) is 9.90 Å². The first kappa shape index (κ1) is 16.4. The SMILES string of the molecule is CC(=O)NC[C@@H]1O[C@@H]2COC(c3ccccc3)O[C@H]2[C@@H](N)[C@@H]1O. The molecule has 2 aliphatic heterocycles. The predicted octanol–water partition coefficient (Wildman–Crippen LogP) is -0.308. The minimum Gasteiger partial charge on any atom is -0.389 e. The number of aliphatic hydroxyl groups excluding tert-OH is 1. The number of benzene rings is 1. The Hall–Kier alpha value is -1.51. The lowest BCUT2D eigenvalue weighted by Crippen LogP contribution is -2.66. The highest BCUT2D eigenvalue weighted by Gasteiger charge is 2.47. The average Bonchev–Trinajstić information content (AvgIpc) is 2.57. The molecule has 7 heteroatoms. The Bertz CT molecular complexity index is 539. The van der Waals surface area contributed by atoms with Crippen LogP contribution in [0.15, 0.2) is 30.3 Å². The van der Waals surface area contributed by atoms with Crippen LogP contribution in [0.3, 0.4) is 0 Å². The van der Waals surface area contributed by atoms with Crippen LogP contribution in [-0.4, -0.2) is 54.6 Å².